The third-order valence-electron chi connectivity index (χ3n) is 2.41. The third kappa shape index (κ3) is 3.89. The molecule has 0 radical (unpaired) electrons. The van der Waals surface area contributed by atoms with Gasteiger partial charge in [0.2, 0.25) is 5.91 Å². The lowest BCUT2D eigenvalue weighted by molar-refractivity contribution is -0.120. The summed E-state index contributed by atoms with van der Waals surface area (Å²) in [6.45, 7) is 2.10. The minimum atomic E-state index is -0.369. The number of carbonyl (C=O) groups is 1. The number of hydrogen-bond donors (Lipinski definition) is 3. The molecule has 2 aromatic rings. The summed E-state index contributed by atoms with van der Waals surface area (Å²) in [5.74, 6) is 1.11. The molecule has 7 nitrogen and oxygen atoms in total. The first kappa shape index (κ1) is 14.2. The molecule has 0 aromatic carbocycles. The van der Waals surface area contributed by atoms with Gasteiger partial charge in [0.1, 0.15) is 17.4 Å². The smallest absolute Gasteiger partial charge is 0.233 e. The van der Waals surface area contributed by atoms with Crippen molar-refractivity contribution in [1.82, 2.24) is 15.3 Å². The van der Waals surface area contributed by atoms with Crippen molar-refractivity contribution in [3.05, 3.63) is 30.2 Å². The van der Waals surface area contributed by atoms with Gasteiger partial charge in [-0.3, -0.25) is 4.79 Å². The molecular formula is C12H15N5O2S. The summed E-state index contributed by atoms with van der Waals surface area (Å²) in [6, 6.07) is 5.02. The van der Waals surface area contributed by atoms with E-state index in [1.165, 1.54) is 17.8 Å². The number of nitrogens with one attached hydrogen (secondary N) is 1. The molecule has 0 saturated heterocycles. The second-order valence-corrected chi connectivity index (χ2v) is 5.37. The van der Waals surface area contributed by atoms with Gasteiger partial charge in [-0.05, 0) is 19.1 Å². The number of nitrogens with zero attached hydrogens (tertiary/aromatic N) is 2. The van der Waals surface area contributed by atoms with Gasteiger partial charge < -0.3 is 21.2 Å². The molecule has 2 heterocycles. The monoisotopic (exact) mass is 293 g/mol. The van der Waals surface area contributed by atoms with Crippen LogP contribution in [0.15, 0.2) is 34.0 Å². The Kier molecular flexibility index (Phi) is 4.46. The summed E-state index contributed by atoms with van der Waals surface area (Å²) in [5.41, 5.74) is 11.2. The van der Waals surface area contributed by atoms with E-state index >= 15 is 0 Å². The number of carbonyl (C=O) groups excluding carboxylic acids is 1. The number of furan rings is 1. The van der Waals surface area contributed by atoms with Gasteiger partial charge in [-0.25, -0.2) is 9.97 Å². The van der Waals surface area contributed by atoms with Crippen LogP contribution in [0.2, 0.25) is 0 Å². The van der Waals surface area contributed by atoms with Crippen LogP contribution in [-0.2, 0) is 11.3 Å². The number of nitrogens with two attached hydrogens (primary N) is 2. The van der Waals surface area contributed by atoms with E-state index in [2.05, 4.69) is 15.3 Å². The summed E-state index contributed by atoms with van der Waals surface area (Å²) < 4.78 is 5.13. The summed E-state index contributed by atoms with van der Waals surface area (Å²) in [7, 11) is 0. The highest BCUT2D eigenvalue weighted by Gasteiger charge is 2.16. The van der Waals surface area contributed by atoms with Crippen LogP contribution >= 0.6 is 11.8 Å². The van der Waals surface area contributed by atoms with Crippen molar-refractivity contribution >= 4 is 29.3 Å². The highest BCUT2D eigenvalue weighted by atomic mass is 32.2. The molecule has 0 unspecified atom stereocenters. The summed E-state index contributed by atoms with van der Waals surface area (Å²) in [4.78, 5) is 20.0. The van der Waals surface area contributed by atoms with Gasteiger partial charge in [0.25, 0.3) is 0 Å². The van der Waals surface area contributed by atoms with Gasteiger partial charge >= 0.3 is 0 Å². The molecule has 1 atom stereocenters. The molecule has 1 amide bonds. The molecule has 0 aliphatic heterocycles. The van der Waals surface area contributed by atoms with Crippen molar-refractivity contribution in [2.45, 2.75) is 23.9 Å². The highest BCUT2D eigenvalue weighted by molar-refractivity contribution is 8.00. The van der Waals surface area contributed by atoms with Crippen molar-refractivity contribution in [2.24, 2.45) is 0 Å². The molecule has 106 valence electrons. The molecule has 20 heavy (non-hydrogen) atoms. The molecule has 0 aliphatic carbocycles. The van der Waals surface area contributed by atoms with E-state index in [-0.39, 0.29) is 22.8 Å². The number of rotatable bonds is 5. The normalized spacial score (nSPS) is 12.1. The van der Waals surface area contributed by atoms with Gasteiger partial charge in [0, 0.05) is 6.07 Å². The van der Waals surface area contributed by atoms with Crippen LogP contribution in [0.25, 0.3) is 0 Å². The minimum Gasteiger partial charge on any atom is -0.467 e. The molecule has 2 aromatic heterocycles. The lowest BCUT2D eigenvalue weighted by Crippen LogP contribution is -2.30. The van der Waals surface area contributed by atoms with Crippen LogP contribution in [0.1, 0.15) is 12.7 Å². The molecule has 0 aliphatic rings. The van der Waals surface area contributed by atoms with E-state index in [1.54, 1.807) is 25.3 Å². The van der Waals surface area contributed by atoms with Crippen LogP contribution < -0.4 is 16.8 Å². The summed E-state index contributed by atoms with van der Waals surface area (Å²) in [6.07, 6.45) is 1.56. The Balaban J connectivity index is 1.90. The molecule has 0 bridgehead atoms. The largest absolute Gasteiger partial charge is 0.467 e. The van der Waals surface area contributed by atoms with Gasteiger partial charge in [0.15, 0.2) is 5.16 Å². The fraction of sp³-hybridized carbons (Fsp3) is 0.250. The first-order valence-electron chi connectivity index (χ1n) is 5.91. The predicted octanol–water partition coefficient (Wildman–Crippen LogP) is 1.03. The van der Waals surface area contributed by atoms with E-state index in [1.807, 2.05) is 0 Å². The maximum absolute atomic E-state index is 11.9. The lowest BCUT2D eigenvalue weighted by atomic mass is 10.4. The zero-order valence-electron chi connectivity index (χ0n) is 10.9. The lowest BCUT2D eigenvalue weighted by Gasteiger charge is -2.10. The summed E-state index contributed by atoms with van der Waals surface area (Å²) >= 11 is 1.19. The number of amides is 1. The van der Waals surface area contributed by atoms with Gasteiger partial charge in [-0.1, -0.05) is 11.8 Å². The molecule has 8 heteroatoms. The van der Waals surface area contributed by atoms with E-state index in [9.17, 15) is 4.79 Å². The van der Waals surface area contributed by atoms with Crippen LogP contribution in [0.5, 0.6) is 0 Å². The molecule has 0 fully saturated rings. The fourth-order valence-corrected chi connectivity index (χ4v) is 2.28. The maximum atomic E-state index is 11.9. The predicted molar refractivity (Wildman–Crippen MR) is 76.7 cm³/mol. The minimum absolute atomic E-state index is 0.143. The van der Waals surface area contributed by atoms with Crippen molar-refractivity contribution in [3.63, 3.8) is 0 Å². The molecule has 5 N–H and O–H groups in total. The average molecular weight is 293 g/mol. The van der Waals surface area contributed by atoms with E-state index in [4.69, 9.17) is 15.9 Å². The quantitative estimate of drug-likeness (QED) is 0.556. The zero-order valence-corrected chi connectivity index (χ0v) is 11.7. The molecule has 0 spiro atoms. The van der Waals surface area contributed by atoms with Crippen molar-refractivity contribution in [2.75, 3.05) is 11.5 Å². The van der Waals surface area contributed by atoms with Crippen molar-refractivity contribution < 1.29 is 9.21 Å². The van der Waals surface area contributed by atoms with E-state index < -0.39 is 0 Å². The van der Waals surface area contributed by atoms with Crippen molar-refractivity contribution in [3.8, 4) is 0 Å². The molecular weight excluding hydrogens is 278 g/mol. The van der Waals surface area contributed by atoms with Crippen molar-refractivity contribution in [1.29, 1.82) is 0 Å². The SMILES string of the molecule is C[C@@H](Sc1nc(N)cc(N)n1)C(=O)NCc1ccco1. The van der Waals surface area contributed by atoms with Gasteiger partial charge in [-0.2, -0.15) is 0 Å². The third-order valence-corrected chi connectivity index (χ3v) is 3.37. The standard InChI is InChI=1S/C12H15N5O2S/c1-7(11(18)15-6-8-3-2-4-19-8)20-12-16-9(13)5-10(14)17-12/h2-5,7H,6H2,1H3,(H,15,18)(H4,13,14,16,17)/t7-/m1/s1. The first-order valence-corrected chi connectivity index (χ1v) is 6.79. The Morgan fingerprint density at radius 3 is 2.75 bits per heavy atom. The average Bonchev–Trinajstić information content (AvgIpc) is 2.87. The van der Waals surface area contributed by atoms with Gasteiger partial charge in [-0.15, -0.1) is 0 Å². The second-order valence-electron chi connectivity index (χ2n) is 4.06. The number of anilines is 2. The molecule has 0 saturated carbocycles. The zero-order chi connectivity index (χ0) is 14.5. The Hall–Kier alpha value is -2.22. The van der Waals surface area contributed by atoms with E-state index in [0.717, 1.165) is 0 Å². The summed E-state index contributed by atoms with van der Waals surface area (Å²) in [5, 5.41) is 2.77. The van der Waals surface area contributed by atoms with Crippen LogP contribution in [0.4, 0.5) is 11.6 Å². The Labute approximate surface area is 120 Å². The van der Waals surface area contributed by atoms with E-state index in [0.29, 0.717) is 17.5 Å². The number of nitrogen functional groups attached to an aromatic ring is 2. The number of thioether (sulfide) groups is 1. The Morgan fingerprint density at radius 1 is 1.45 bits per heavy atom. The number of aromatic nitrogens is 2. The highest BCUT2D eigenvalue weighted by Crippen LogP contribution is 2.21. The first-order chi connectivity index (χ1) is 9.54. The fourth-order valence-electron chi connectivity index (χ4n) is 1.46. The van der Waals surface area contributed by atoms with Crippen LogP contribution in [-0.4, -0.2) is 21.1 Å². The topological polar surface area (TPSA) is 120 Å². The van der Waals surface area contributed by atoms with Crippen LogP contribution in [0, 0.1) is 0 Å². The maximum Gasteiger partial charge on any atom is 0.233 e. The van der Waals surface area contributed by atoms with Crippen LogP contribution in [0.3, 0.4) is 0 Å². The Bertz CT molecular complexity index is 567. The molecule has 2 rings (SSSR count). The van der Waals surface area contributed by atoms with Gasteiger partial charge in [0.05, 0.1) is 18.1 Å². The number of hydrogen-bond acceptors (Lipinski definition) is 7. The Morgan fingerprint density at radius 2 is 2.15 bits per heavy atom. The second kappa shape index (κ2) is 6.29.